The summed E-state index contributed by atoms with van der Waals surface area (Å²) in [7, 11) is 0. The molecule has 0 saturated carbocycles. The van der Waals surface area contributed by atoms with Gasteiger partial charge in [-0.3, -0.25) is 11.3 Å². The Kier molecular flexibility index (Phi) is 6.51. The zero-order chi connectivity index (χ0) is 8.69. The highest BCUT2D eigenvalue weighted by atomic mass is 15.2. The topological polar surface area (TPSA) is 41.3 Å². The van der Waals surface area contributed by atoms with Crippen LogP contribution in [0.5, 0.6) is 0 Å². The minimum atomic E-state index is 0.426. The third-order valence-corrected chi connectivity index (χ3v) is 2.06. The van der Waals surface area contributed by atoms with Gasteiger partial charge in [0.15, 0.2) is 0 Å². The normalized spacial score (nSPS) is 13.9. The van der Waals surface area contributed by atoms with Crippen molar-refractivity contribution in [2.45, 2.75) is 33.2 Å². The zero-order valence-corrected chi connectivity index (χ0v) is 7.93. The van der Waals surface area contributed by atoms with E-state index in [1.165, 1.54) is 0 Å². The van der Waals surface area contributed by atoms with Crippen LogP contribution in [0, 0.1) is 0 Å². The largest absolute Gasteiger partial charge is 0.304 e. The molecule has 0 spiro atoms. The van der Waals surface area contributed by atoms with Crippen LogP contribution in [-0.4, -0.2) is 30.6 Å². The maximum absolute atomic E-state index is 5.27. The molecule has 0 amide bonds. The van der Waals surface area contributed by atoms with Crippen molar-refractivity contribution < 1.29 is 0 Å². The number of rotatable bonds is 6. The van der Waals surface area contributed by atoms with E-state index in [1.54, 1.807) is 0 Å². The van der Waals surface area contributed by atoms with E-state index in [1.807, 2.05) is 0 Å². The van der Waals surface area contributed by atoms with Crippen molar-refractivity contribution in [3.05, 3.63) is 0 Å². The van der Waals surface area contributed by atoms with Crippen molar-refractivity contribution in [1.29, 1.82) is 0 Å². The van der Waals surface area contributed by atoms with Crippen molar-refractivity contribution in [2.24, 2.45) is 5.84 Å². The molecule has 0 heterocycles. The monoisotopic (exact) mass is 159 g/mol. The van der Waals surface area contributed by atoms with Gasteiger partial charge in [-0.2, -0.15) is 0 Å². The summed E-state index contributed by atoms with van der Waals surface area (Å²) >= 11 is 0. The van der Waals surface area contributed by atoms with E-state index in [2.05, 4.69) is 31.1 Å². The van der Waals surface area contributed by atoms with Crippen molar-refractivity contribution in [3.8, 4) is 0 Å². The molecule has 11 heavy (non-hydrogen) atoms. The SMILES string of the molecule is CCN(CC)CC[C@H](C)NN. The first-order valence-electron chi connectivity index (χ1n) is 4.43. The Hall–Kier alpha value is -0.120. The summed E-state index contributed by atoms with van der Waals surface area (Å²) in [6.45, 7) is 9.87. The van der Waals surface area contributed by atoms with Crippen LogP contribution in [0.2, 0.25) is 0 Å². The second-order valence-electron chi connectivity index (χ2n) is 2.88. The molecule has 0 saturated heterocycles. The van der Waals surface area contributed by atoms with Crippen molar-refractivity contribution in [2.75, 3.05) is 19.6 Å². The average molecular weight is 159 g/mol. The molecule has 0 fully saturated rings. The summed E-state index contributed by atoms with van der Waals surface area (Å²) in [5, 5.41) is 0. The van der Waals surface area contributed by atoms with E-state index < -0.39 is 0 Å². The molecule has 0 radical (unpaired) electrons. The summed E-state index contributed by atoms with van der Waals surface area (Å²) in [6, 6.07) is 0.426. The standard InChI is InChI=1S/C8H21N3/c1-4-11(5-2)7-6-8(3)10-9/h8,10H,4-7,9H2,1-3H3/t8-/m0/s1. The van der Waals surface area contributed by atoms with Crippen LogP contribution in [0.15, 0.2) is 0 Å². The Morgan fingerprint density at radius 2 is 1.91 bits per heavy atom. The minimum Gasteiger partial charge on any atom is -0.304 e. The minimum absolute atomic E-state index is 0.426. The van der Waals surface area contributed by atoms with Crippen LogP contribution in [0.4, 0.5) is 0 Å². The van der Waals surface area contributed by atoms with Gasteiger partial charge in [-0.05, 0) is 33.0 Å². The summed E-state index contributed by atoms with van der Waals surface area (Å²) in [6.07, 6.45) is 1.12. The molecule has 0 aromatic carbocycles. The van der Waals surface area contributed by atoms with E-state index in [0.717, 1.165) is 26.1 Å². The Morgan fingerprint density at radius 3 is 2.27 bits per heavy atom. The summed E-state index contributed by atoms with van der Waals surface area (Å²) in [5.74, 6) is 5.27. The van der Waals surface area contributed by atoms with Crippen LogP contribution < -0.4 is 11.3 Å². The Balaban J connectivity index is 3.34. The molecule has 0 aliphatic heterocycles. The second-order valence-corrected chi connectivity index (χ2v) is 2.88. The molecule has 3 heteroatoms. The van der Waals surface area contributed by atoms with Gasteiger partial charge in [0.2, 0.25) is 0 Å². The molecule has 0 bridgehead atoms. The number of hydrogen-bond acceptors (Lipinski definition) is 3. The number of nitrogens with zero attached hydrogens (tertiary/aromatic N) is 1. The van der Waals surface area contributed by atoms with Gasteiger partial charge < -0.3 is 4.90 Å². The Morgan fingerprint density at radius 1 is 1.36 bits per heavy atom. The first kappa shape index (κ1) is 10.9. The third-order valence-electron chi connectivity index (χ3n) is 2.06. The first-order chi connectivity index (χ1) is 5.24. The first-order valence-corrected chi connectivity index (χ1v) is 4.43. The van der Waals surface area contributed by atoms with Gasteiger partial charge in [-0.25, -0.2) is 0 Å². The quantitative estimate of drug-likeness (QED) is 0.440. The fraction of sp³-hybridized carbons (Fsp3) is 1.00. The molecule has 0 aliphatic rings. The second kappa shape index (κ2) is 6.58. The molecule has 68 valence electrons. The molecule has 1 atom stereocenters. The fourth-order valence-corrected chi connectivity index (χ4v) is 0.999. The highest BCUT2D eigenvalue weighted by molar-refractivity contribution is 4.60. The van der Waals surface area contributed by atoms with Crippen molar-refractivity contribution >= 4 is 0 Å². The molecule has 3 nitrogen and oxygen atoms in total. The van der Waals surface area contributed by atoms with E-state index in [9.17, 15) is 0 Å². The van der Waals surface area contributed by atoms with Crippen molar-refractivity contribution in [1.82, 2.24) is 10.3 Å². The number of nitrogens with two attached hydrogens (primary N) is 1. The van der Waals surface area contributed by atoms with Gasteiger partial charge >= 0.3 is 0 Å². The van der Waals surface area contributed by atoms with E-state index in [0.29, 0.717) is 6.04 Å². The summed E-state index contributed by atoms with van der Waals surface area (Å²) in [5.41, 5.74) is 2.74. The van der Waals surface area contributed by atoms with Gasteiger partial charge in [0.05, 0.1) is 0 Å². The van der Waals surface area contributed by atoms with Gasteiger partial charge in [0.25, 0.3) is 0 Å². The van der Waals surface area contributed by atoms with Gasteiger partial charge in [0, 0.05) is 6.04 Å². The Bertz CT molecular complexity index is 81.4. The van der Waals surface area contributed by atoms with Crippen LogP contribution in [-0.2, 0) is 0 Å². The molecule has 3 N–H and O–H groups in total. The molecular weight excluding hydrogens is 138 g/mol. The third kappa shape index (κ3) is 5.18. The van der Waals surface area contributed by atoms with E-state index >= 15 is 0 Å². The molecule has 0 aromatic rings. The number of nitrogens with one attached hydrogen (secondary N) is 1. The fourth-order valence-electron chi connectivity index (χ4n) is 0.999. The van der Waals surface area contributed by atoms with Crippen LogP contribution in [0.3, 0.4) is 0 Å². The van der Waals surface area contributed by atoms with E-state index in [4.69, 9.17) is 5.84 Å². The predicted molar refractivity (Wildman–Crippen MR) is 49.2 cm³/mol. The van der Waals surface area contributed by atoms with E-state index in [-0.39, 0.29) is 0 Å². The lowest BCUT2D eigenvalue weighted by Gasteiger charge is -2.19. The van der Waals surface area contributed by atoms with Crippen LogP contribution in [0.25, 0.3) is 0 Å². The van der Waals surface area contributed by atoms with Crippen molar-refractivity contribution in [3.63, 3.8) is 0 Å². The molecule has 0 rings (SSSR count). The molecule has 0 aromatic heterocycles. The smallest absolute Gasteiger partial charge is 0.0194 e. The maximum Gasteiger partial charge on any atom is 0.0194 e. The predicted octanol–water partition coefficient (Wildman–Crippen LogP) is 0.570. The highest BCUT2D eigenvalue weighted by Crippen LogP contribution is 1.93. The lowest BCUT2D eigenvalue weighted by atomic mass is 10.2. The van der Waals surface area contributed by atoms with Gasteiger partial charge in [-0.1, -0.05) is 13.8 Å². The highest BCUT2D eigenvalue weighted by Gasteiger charge is 2.01. The number of hydrazine groups is 1. The molecular formula is C8H21N3. The number of hydrogen-bond donors (Lipinski definition) is 2. The lowest BCUT2D eigenvalue weighted by molar-refractivity contribution is 0.285. The lowest BCUT2D eigenvalue weighted by Crippen LogP contribution is -2.36. The molecule has 0 aliphatic carbocycles. The average Bonchev–Trinajstić information content (AvgIpc) is 2.06. The van der Waals surface area contributed by atoms with Gasteiger partial charge in [0.1, 0.15) is 0 Å². The molecule has 0 unspecified atom stereocenters. The van der Waals surface area contributed by atoms with Crippen LogP contribution >= 0.6 is 0 Å². The summed E-state index contributed by atoms with van der Waals surface area (Å²) < 4.78 is 0. The van der Waals surface area contributed by atoms with Gasteiger partial charge in [-0.15, -0.1) is 0 Å². The zero-order valence-electron chi connectivity index (χ0n) is 7.93. The van der Waals surface area contributed by atoms with Crippen LogP contribution in [0.1, 0.15) is 27.2 Å². The maximum atomic E-state index is 5.27. The summed E-state index contributed by atoms with van der Waals surface area (Å²) in [4.78, 5) is 2.40. The Labute approximate surface area is 69.9 Å².